The zero-order valence-electron chi connectivity index (χ0n) is 8.55. The Balaban J connectivity index is 2.68. The average Bonchev–Trinajstić information content (AvgIpc) is 2.26. The van der Waals surface area contributed by atoms with E-state index in [0.29, 0.717) is 0 Å². The zero-order chi connectivity index (χ0) is 10.1. The molecule has 13 heavy (non-hydrogen) atoms. The van der Waals surface area contributed by atoms with Crippen molar-refractivity contribution >= 4 is 22.8 Å². The lowest BCUT2D eigenvalue weighted by atomic mass is 10.1. The van der Waals surface area contributed by atoms with Crippen LogP contribution in [0.3, 0.4) is 0 Å². The summed E-state index contributed by atoms with van der Waals surface area (Å²) >= 11 is 1.53. The number of carbonyl (C=O) groups excluding carboxylic acids is 1. The van der Waals surface area contributed by atoms with E-state index < -0.39 is 0 Å². The predicted octanol–water partition coefficient (Wildman–Crippen LogP) is 1.78. The molecule has 1 amide bonds. The Morgan fingerprint density at radius 2 is 2.15 bits per heavy atom. The monoisotopic (exact) mass is 200 g/mol. The van der Waals surface area contributed by atoms with Gasteiger partial charge in [-0.2, -0.15) is 0 Å². The largest absolute Gasteiger partial charge is 0.304 e. The number of thioether (sulfide) groups is 1. The number of rotatable bonds is 1. The summed E-state index contributed by atoms with van der Waals surface area (Å²) in [4.78, 5) is 15.7. The predicted molar refractivity (Wildman–Crippen MR) is 57.0 cm³/mol. The van der Waals surface area contributed by atoms with E-state index in [-0.39, 0.29) is 16.7 Å². The normalized spacial score (nSPS) is 26.6. The van der Waals surface area contributed by atoms with E-state index in [9.17, 15) is 4.79 Å². The summed E-state index contributed by atoms with van der Waals surface area (Å²) in [5.74, 6) is 0.0931. The Labute approximate surface area is 83.4 Å². The highest BCUT2D eigenvalue weighted by atomic mass is 32.2. The lowest BCUT2D eigenvalue weighted by Crippen LogP contribution is -2.26. The van der Waals surface area contributed by atoms with Crippen LogP contribution in [0.2, 0.25) is 0 Å². The van der Waals surface area contributed by atoms with Crippen molar-refractivity contribution in [2.75, 3.05) is 0 Å². The maximum Gasteiger partial charge on any atom is 0.239 e. The lowest BCUT2D eigenvalue weighted by Gasteiger charge is -2.12. The second kappa shape index (κ2) is 3.70. The molecule has 0 aliphatic carbocycles. The molecule has 3 nitrogen and oxygen atoms in total. The van der Waals surface area contributed by atoms with Gasteiger partial charge in [0.05, 0.1) is 10.8 Å². The molecule has 0 radical (unpaired) electrons. The van der Waals surface area contributed by atoms with Crippen LogP contribution in [0, 0.1) is 0 Å². The maximum atomic E-state index is 11.3. The van der Waals surface area contributed by atoms with Crippen LogP contribution in [0.15, 0.2) is 4.99 Å². The van der Waals surface area contributed by atoms with Crippen LogP contribution in [-0.4, -0.2) is 21.9 Å². The SMILES string of the molecule is CCC1SC(=NC(C)(C)C)NC1=O. The molecule has 0 aromatic heterocycles. The van der Waals surface area contributed by atoms with Crippen molar-refractivity contribution in [2.45, 2.75) is 44.9 Å². The molecule has 0 aromatic rings. The number of hydrogen-bond acceptors (Lipinski definition) is 3. The quantitative estimate of drug-likeness (QED) is 0.701. The van der Waals surface area contributed by atoms with Crippen LogP contribution in [0.1, 0.15) is 34.1 Å². The van der Waals surface area contributed by atoms with Gasteiger partial charge in [0.2, 0.25) is 5.91 Å². The minimum Gasteiger partial charge on any atom is -0.304 e. The molecular weight excluding hydrogens is 184 g/mol. The fraction of sp³-hybridized carbons (Fsp3) is 0.778. The van der Waals surface area contributed by atoms with Crippen molar-refractivity contribution in [1.29, 1.82) is 0 Å². The summed E-state index contributed by atoms with van der Waals surface area (Å²) in [7, 11) is 0. The minimum absolute atomic E-state index is 0.0566. The Kier molecular flexibility index (Phi) is 3.01. The van der Waals surface area contributed by atoms with Gasteiger partial charge in [-0.3, -0.25) is 9.79 Å². The molecule has 74 valence electrons. The van der Waals surface area contributed by atoms with E-state index in [2.05, 4.69) is 10.3 Å². The third-order valence-corrected chi connectivity index (χ3v) is 2.83. The van der Waals surface area contributed by atoms with E-state index in [0.717, 1.165) is 11.6 Å². The molecule has 1 fully saturated rings. The third kappa shape index (κ3) is 3.03. The van der Waals surface area contributed by atoms with Crippen molar-refractivity contribution < 1.29 is 4.79 Å². The Morgan fingerprint density at radius 1 is 1.54 bits per heavy atom. The molecule has 1 saturated heterocycles. The first-order valence-corrected chi connectivity index (χ1v) is 5.37. The highest BCUT2D eigenvalue weighted by Gasteiger charge is 2.29. The molecule has 1 N–H and O–H groups in total. The third-order valence-electron chi connectivity index (χ3n) is 1.58. The molecule has 0 aromatic carbocycles. The Morgan fingerprint density at radius 3 is 2.54 bits per heavy atom. The van der Waals surface area contributed by atoms with Crippen LogP contribution in [0.25, 0.3) is 0 Å². The van der Waals surface area contributed by atoms with E-state index >= 15 is 0 Å². The number of hydrogen-bond donors (Lipinski definition) is 1. The summed E-state index contributed by atoms with van der Waals surface area (Å²) in [6, 6.07) is 0. The molecule has 0 saturated carbocycles. The molecule has 1 aliphatic heterocycles. The molecule has 0 spiro atoms. The fourth-order valence-electron chi connectivity index (χ4n) is 1.03. The summed E-state index contributed by atoms with van der Waals surface area (Å²) in [6.07, 6.45) is 0.861. The average molecular weight is 200 g/mol. The molecule has 1 heterocycles. The van der Waals surface area contributed by atoms with Gasteiger partial charge in [0, 0.05) is 0 Å². The van der Waals surface area contributed by atoms with E-state index in [1.807, 2.05) is 27.7 Å². The van der Waals surface area contributed by atoms with Crippen molar-refractivity contribution in [3.05, 3.63) is 0 Å². The van der Waals surface area contributed by atoms with Gasteiger partial charge in [-0.1, -0.05) is 18.7 Å². The van der Waals surface area contributed by atoms with Gasteiger partial charge in [0.1, 0.15) is 0 Å². The van der Waals surface area contributed by atoms with E-state index in [1.165, 1.54) is 11.8 Å². The molecule has 1 rings (SSSR count). The highest BCUT2D eigenvalue weighted by molar-refractivity contribution is 8.15. The number of carbonyl (C=O) groups is 1. The van der Waals surface area contributed by atoms with Gasteiger partial charge >= 0.3 is 0 Å². The first-order valence-electron chi connectivity index (χ1n) is 4.50. The summed E-state index contributed by atoms with van der Waals surface area (Å²) in [6.45, 7) is 8.07. The number of amides is 1. The van der Waals surface area contributed by atoms with E-state index in [4.69, 9.17) is 0 Å². The van der Waals surface area contributed by atoms with Gasteiger partial charge in [-0.05, 0) is 27.2 Å². The van der Waals surface area contributed by atoms with Crippen LogP contribution in [-0.2, 0) is 4.79 Å². The minimum atomic E-state index is -0.113. The first kappa shape index (κ1) is 10.6. The molecule has 1 aliphatic rings. The van der Waals surface area contributed by atoms with Crippen molar-refractivity contribution in [3.63, 3.8) is 0 Å². The zero-order valence-corrected chi connectivity index (χ0v) is 9.36. The second-order valence-electron chi connectivity index (χ2n) is 4.09. The number of amidine groups is 1. The standard InChI is InChI=1S/C9H16N2OS/c1-5-6-7(12)10-8(13-6)11-9(2,3)4/h6H,5H2,1-4H3,(H,10,11,12). The van der Waals surface area contributed by atoms with Gasteiger partial charge in [0.15, 0.2) is 5.17 Å². The Hall–Kier alpha value is -0.510. The molecule has 1 unspecified atom stereocenters. The van der Waals surface area contributed by atoms with Crippen LogP contribution < -0.4 is 5.32 Å². The molecular formula is C9H16N2OS. The molecule has 4 heteroatoms. The van der Waals surface area contributed by atoms with Gasteiger partial charge in [-0.15, -0.1) is 0 Å². The molecule has 0 bridgehead atoms. The Bertz CT molecular complexity index is 242. The number of nitrogens with one attached hydrogen (secondary N) is 1. The van der Waals surface area contributed by atoms with Crippen molar-refractivity contribution in [2.24, 2.45) is 4.99 Å². The van der Waals surface area contributed by atoms with Gasteiger partial charge < -0.3 is 5.32 Å². The van der Waals surface area contributed by atoms with E-state index in [1.54, 1.807) is 0 Å². The summed E-state index contributed by atoms with van der Waals surface area (Å²) in [5, 5.41) is 3.61. The number of nitrogens with zero attached hydrogens (tertiary/aromatic N) is 1. The smallest absolute Gasteiger partial charge is 0.239 e. The van der Waals surface area contributed by atoms with Crippen molar-refractivity contribution in [1.82, 2.24) is 5.32 Å². The van der Waals surface area contributed by atoms with Gasteiger partial charge in [-0.25, -0.2) is 0 Å². The summed E-state index contributed by atoms with van der Waals surface area (Å²) < 4.78 is 0. The van der Waals surface area contributed by atoms with Crippen LogP contribution >= 0.6 is 11.8 Å². The maximum absolute atomic E-state index is 11.3. The second-order valence-corrected chi connectivity index (χ2v) is 5.28. The fourth-order valence-corrected chi connectivity index (χ4v) is 2.12. The van der Waals surface area contributed by atoms with Crippen molar-refractivity contribution in [3.8, 4) is 0 Å². The van der Waals surface area contributed by atoms with Crippen LogP contribution in [0.4, 0.5) is 0 Å². The highest BCUT2D eigenvalue weighted by Crippen LogP contribution is 2.23. The first-order chi connectivity index (χ1) is 5.92. The lowest BCUT2D eigenvalue weighted by molar-refractivity contribution is -0.118. The van der Waals surface area contributed by atoms with Crippen LogP contribution in [0.5, 0.6) is 0 Å². The summed E-state index contributed by atoms with van der Waals surface area (Å²) in [5.41, 5.74) is -0.113. The molecule has 1 atom stereocenters. The topological polar surface area (TPSA) is 41.5 Å². The van der Waals surface area contributed by atoms with Gasteiger partial charge in [0.25, 0.3) is 0 Å². The number of aliphatic imine (C=N–C) groups is 1.